The van der Waals surface area contributed by atoms with Crippen LogP contribution in [0.3, 0.4) is 0 Å². The Bertz CT molecular complexity index is 476. The number of amides is 1. The van der Waals surface area contributed by atoms with Gasteiger partial charge in [-0.25, -0.2) is 0 Å². The molecule has 3 rings (SSSR count). The van der Waals surface area contributed by atoms with Crippen LogP contribution in [-0.2, 0) is 0 Å². The van der Waals surface area contributed by atoms with Crippen molar-refractivity contribution in [3.8, 4) is 0 Å². The van der Waals surface area contributed by atoms with Crippen LogP contribution in [0.5, 0.6) is 0 Å². The maximum atomic E-state index is 12.6. The average Bonchev–Trinajstić information content (AvgIpc) is 2.98. The van der Waals surface area contributed by atoms with Crippen LogP contribution in [0.2, 0.25) is 0 Å². The SMILES string of the molecule is CC1CCCC(NC(=O)c2cccn2C2CCNCC2)C1. The van der Waals surface area contributed by atoms with Crippen molar-refractivity contribution in [2.24, 2.45) is 5.92 Å². The van der Waals surface area contributed by atoms with Crippen molar-refractivity contribution in [1.82, 2.24) is 15.2 Å². The first-order valence-electron chi connectivity index (χ1n) is 8.42. The minimum atomic E-state index is 0.109. The molecule has 2 fully saturated rings. The fourth-order valence-electron chi connectivity index (χ4n) is 3.81. The zero-order valence-corrected chi connectivity index (χ0v) is 13.0. The first kappa shape index (κ1) is 14.6. The molecule has 1 saturated carbocycles. The molecule has 4 heteroatoms. The van der Waals surface area contributed by atoms with Crippen LogP contribution in [0.25, 0.3) is 0 Å². The summed E-state index contributed by atoms with van der Waals surface area (Å²) in [6.45, 7) is 4.38. The zero-order chi connectivity index (χ0) is 14.7. The molecular weight excluding hydrogens is 262 g/mol. The molecule has 1 aromatic heterocycles. The molecule has 2 unspecified atom stereocenters. The quantitative estimate of drug-likeness (QED) is 0.898. The van der Waals surface area contributed by atoms with Crippen LogP contribution in [0.4, 0.5) is 0 Å². The zero-order valence-electron chi connectivity index (χ0n) is 13.0. The summed E-state index contributed by atoms with van der Waals surface area (Å²) in [5.74, 6) is 0.845. The van der Waals surface area contributed by atoms with Crippen molar-refractivity contribution >= 4 is 5.91 Å². The Kier molecular flexibility index (Phi) is 4.63. The Morgan fingerprint density at radius 2 is 2.10 bits per heavy atom. The van der Waals surface area contributed by atoms with E-state index in [1.54, 1.807) is 0 Å². The van der Waals surface area contributed by atoms with Crippen LogP contribution >= 0.6 is 0 Å². The number of hydrogen-bond acceptors (Lipinski definition) is 2. The second-order valence-corrected chi connectivity index (χ2v) is 6.72. The molecule has 0 radical (unpaired) electrons. The van der Waals surface area contributed by atoms with Crippen molar-refractivity contribution in [3.63, 3.8) is 0 Å². The molecular formula is C17H27N3O. The second kappa shape index (κ2) is 6.65. The van der Waals surface area contributed by atoms with E-state index in [1.807, 2.05) is 12.1 Å². The monoisotopic (exact) mass is 289 g/mol. The predicted octanol–water partition coefficient (Wildman–Crippen LogP) is 2.72. The Hall–Kier alpha value is -1.29. The van der Waals surface area contributed by atoms with Crippen molar-refractivity contribution < 1.29 is 4.79 Å². The fourth-order valence-corrected chi connectivity index (χ4v) is 3.81. The molecule has 116 valence electrons. The average molecular weight is 289 g/mol. The van der Waals surface area contributed by atoms with Gasteiger partial charge in [0.1, 0.15) is 5.69 Å². The summed E-state index contributed by atoms with van der Waals surface area (Å²) in [7, 11) is 0. The second-order valence-electron chi connectivity index (χ2n) is 6.72. The molecule has 21 heavy (non-hydrogen) atoms. The number of nitrogens with zero attached hydrogens (tertiary/aromatic N) is 1. The van der Waals surface area contributed by atoms with Gasteiger partial charge in [0.2, 0.25) is 0 Å². The highest BCUT2D eigenvalue weighted by atomic mass is 16.2. The number of hydrogen-bond donors (Lipinski definition) is 2. The Balaban J connectivity index is 1.65. The van der Waals surface area contributed by atoms with Crippen LogP contribution in [0.15, 0.2) is 18.3 Å². The molecule has 0 spiro atoms. The van der Waals surface area contributed by atoms with E-state index in [0.29, 0.717) is 12.1 Å². The van der Waals surface area contributed by atoms with E-state index in [2.05, 4.69) is 28.3 Å². The Labute approximate surface area is 127 Å². The number of carbonyl (C=O) groups is 1. The van der Waals surface area contributed by atoms with E-state index in [9.17, 15) is 4.79 Å². The molecule has 1 aromatic rings. The van der Waals surface area contributed by atoms with E-state index in [4.69, 9.17) is 0 Å². The van der Waals surface area contributed by atoms with Crippen LogP contribution < -0.4 is 10.6 Å². The van der Waals surface area contributed by atoms with Gasteiger partial charge in [0.25, 0.3) is 5.91 Å². The van der Waals surface area contributed by atoms with E-state index in [0.717, 1.165) is 50.4 Å². The normalized spacial score (nSPS) is 27.5. The summed E-state index contributed by atoms with van der Waals surface area (Å²) in [6.07, 6.45) is 9.07. The molecule has 1 amide bonds. The lowest BCUT2D eigenvalue weighted by Crippen LogP contribution is -2.39. The Morgan fingerprint density at radius 1 is 1.29 bits per heavy atom. The molecule has 1 aliphatic carbocycles. The van der Waals surface area contributed by atoms with E-state index >= 15 is 0 Å². The smallest absolute Gasteiger partial charge is 0.268 e. The largest absolute Gasteiger partial charge is 0.348 e. The van der Waals surface area contributed by atoms with Gasteiger partial charge in [-0.1, -0.05) is 19.8 Å². The molecule has 2 N–H and O–H groups in total. The highest BCUT2D eigenvalue weighted by Crippen LogP contribution is 2.25. The van der Waals surface area contributed by atoms with Gasteiger partial charge in [-0.15, -0.1) is 0 Å². The van der Waals surface area contributed by atoms with Gasteiger partial charge in [-0.05, 0) is 56.8 Å². The fraction of sp³-hybridized carbons (Fsp3) is 0.706. The highest BCUT2D eigenvalue weighted by Gasteiger charge is 2.24. The van der Waals surface area contributed by atoms with Crippen LogP contribution in [0.1, 0.15) is 62.0 Å². The molecule has 1 saturated heterocycles. The maximum Gasteiger partial charge on any atom is 0.268 e. The van der Waals surface area contributed by atoms with E-state index < -0.39 is 0 Å². The molecule has 2 aliphatic rings. The molecule has 2 heterocycles. The predicted molar refractivity (Wildman–Crippen MR) is 84.5 cm³/mol. The summed E-state index contributed by atoms with van der Waals surface area (Å²) in [5, 5.41) is 6.64. The van der Waals surface area contributed by atoms with Gasteiger partial charge in [-0.2, -0.15) is 0 Å². The Morgan fingerprint density at radius 3 is 2.86 bits per heavy atom. The lowest BCUT2D eigenvalue weighted by Gasteiger charge is -2.29. The van der Waals surface area contributed by atoms with Gasteiger partial charge in [0.05, 0.1) is 0 Å². The number of nitrogens with one attached hydrogen (secondary N) is 2. The molecule has 0 aromatic carbocycles. The first-order valence-corrected chi connectivity index (χ1v) is 8.42. The number of aromatic nitrogens is 1. The number of piperidine rings is 1. The van der Waals surface area contributed by atoms with Gasteiger partial charge < -0.3 is 15.2 Å². The van der Waals surface area contributed by atoms with Crippen LogP contribution in [-0.4, -0.2) is 29.6 Å². The van der Waals surface area contributed by atoms with Crippen molar-refractivity contribution in [2.45, 2.75) is 57.5 Å². The van der Waals surface area contributed by atoms with Gasteiger partial charge in [0.15, 0.2) is 0 Å². The summed E-state index contributed by atoms with van der Waals surface area (Å²) in [6, 6.07) is 4.79. The first-order chi connectivity index (χ1) is 10.2. The lowest BCUT2D eigenvalue weighted by atomic mass is 9.87. The minimum Gasteiger partial charge on any atom is -0.348 e. The third kappa shape index (κ3) is 3.49. The third-order valence-corrected chi connectivity index (χ3v) is 4.99. The standard InChI is InChI=1S/C17H27N3O/c1-13-4-2-5-14(12-13)19-17(21)16-6-3-11-20(16)15-7-9-18-10-8-15/h3,6,11,13-15,18H,2,4-5,7-10,12H2,1H3,(H,19,21). The number of carbonyl (C=O) groups excluding carboxylic acids is 1. The molecule has 2 atom stereocenters. The molecule has 4 nitrogen and oxygen atoms in total. The van der Waals surface area contributed by atoms with Crippen molar-refractivity contribution in [2.75, 3.05) is 13.1 Å². The summed E-state index contributed by atoms with van der Waals surface area (Å²) < 4.78 is 2.18. The third-order valence-electron chi connectivity index (χ3n) is 4.99. The molecule has 1 aliphatic heterocycles. The van der Waals surface area contributed by atoms with Crippen molar-refractivity contribution in [3.05, 3.63) is 24.0 Å². The lowest BCUT2D eigenvalue weighted by molar-refractivity contribution is 0.0908. The summed E-state index contributed by atoms with van der Waals surface area (Å²) in [4.78, 5) is 12.6. The molecule has 0 bridgehead atoms. The van der Waals surface area contributed by atoms with Gasteiger partial charge in [-0.3, -0.25) is 4.79 Å². The van der Waals surface area contributed by atoms with Gasteiger partial charge in [0, 0.05) is 18.3 Å². The topological polar surface area (TPSA) is 46.1 Å². The number of rotatable bonds is 3. The van der Waals surface area contributed by atoms with E-state index in [1.165, 1.54) is 12.8 Å². The summed E-state index contributed by atoms with van der Waals surface area (Å²) in [5.41, 5.74) is 0.833. The van der Waals surface area contributed by atoms with Crippen LogP contribution in [0, 0.1) is 5.92 Å². The summed E-state index contributed by atoms with van der Waals surface area (Å²) >= 11 is 0. The maximum absolute atomic E-state index is 12.6. The van der Waals surface area contributed by atoms with Crippen molar-refractivity contribution in [1.29, 1.82) is 0 Å². The van der Waals surface area contributed by atoms with Gasteiger partial charge >= 0.3 is 0 Å². The van der Waals surface area contributed by atoms with E-state index in [-0.39, 0.29) is 5.91 Å². The minimum absolute atomic E-state index is 0.109. The highest BCUT2D eigenvalue weighted by molar-refractivity contribution is 5.93.